The van der Waals surface area contributed by atoms with Gasteiger partial charge in [-0.2, -0.15) is 0 Å². The van der Waals surface area contributed by atoms with Crippen LogP contribution >= 0.6 is 12.2 Å². The highest BCUT2D eigenvalue weighted by atomic mass is 32.1. The van der Waals surface area contributed by atoms with Crippen molar-refractivity contribution >= 4 is 29.0 Å². The van der Waals surface area contributed by atoms with E-state index in [9.17, 15) is 0 Å². The molecule has 0 aliphatic carbocycles. The van der Waals surface area contributed by atoms with Crippen molar-refractivity contribution in [2.24, 2.45) is 5.73 Å². The number of hydrogen-bond acceptors (Lipinski definition) is 5. The Hall–Kier alpha value is -1.37. The van der Waals surface area contributed by atoms with E-state index >= 15 is 0 Å². The molecule has 0 atom stereocenters. The molecule has 0 spiro atoms. The van der Waals surface area contributed by atoms with Crippen molar-refractivity contribution in [3.63, 3.8) is 0 Å². The molecule has 0 amide bonds. The van der Waals surface area contributed by atoms with Crippen LogP contribution in [-0.2, 0) is 0 Å². The lowest BCUT2D eigenvalue weighted by Crippen LogP contribution is -2.19. The summed E-state index contributed by atoms with van der Waals surface area (Å²) in [5.41, 5.74) is 10.4. The minimum atomic E-state index is 0.0717. The highest BCUT2D eigenvalue weighted by molar-refractivity contribution is 7.80. The maximum absolute atomic E-state index is 5.24. The molecule has 1 aromatic heterocycles. The van der Waals surface area contributed by atoms with E-state index in [4.69, 9.17) is 11.5 Å². The van der Waals surface area contributed by atoms with Gasteiger partial charge in [0.2, 0.25) is 11.6 Å². The largest absolute Gasteiger partial charge is 0.378 e. The Morgan fingerprint density at radius 1 is 1.60 bits per heavy atom. The van der Waals surface area contributed by atoms with Crippen molar-refractivity contribution in [1.82, 2.24) is 10.3 Å². The first kappa shape index (κ1) is 6.75. The smallest absolute Gasteiger partial charge is 0.221 e. The van der Waals surface area contributed by atoms with Gasteiger partial charge in [-0.3, -0.25) is 0 Å². The van der Waals surface area contributed by atoms with Crippen molar-refractivity contribution in [1.29, 1.82) is 0 Å². The van der Waals surface area contributed by atoms with Crippen LogP contribution in [0, 0.1) is 0 Å². The van der Waals surface area contributed by atoms with Gasteiger partial charge in [0.1, 0.15) is 0 Å². The number of rotatable bonds is 1. The molecule has 0 aliphatic rings. The molecule has 5 N–H and O–H groups in total. The zero-order valence-electron chi connectivity index (χ0n) is 4.87. The summed E-state index contributed by atoms with van der Waals surface area (Å²) < 4.78 is 4.24. The molecule has 7 heteroatoms. The number of anilines is 2. The fourth-order valence-corrected chi connectivity index (χ4v) is 0.495. The van der Waals surface area contributed by atoms with E-state index in [0.29, 0.717) is 0 Å². The van der Waals surface area contributed by atoms with E-state index in [1.807, 2.05) is 0 Å². The van der Waals surface area contributed by atoms with Gasteiger partial charge < -0.3 is 16.8 Å². The van der Waals surface area contributed by atoms with Gasteiger partial charge in [0, 0.05) is 0 Å². The molecule has 1 heterocycles. The second-order valence-electron chi connectivity index (χ2n) is 1.49. The van der Waals surface area contributed by atoms with Crippen LogP contribution in [0.1, 0.15) is 0 Å². The summed E-state index contributed by atoms with van der Waals surface area (Å²) in [6.45, 7) is 0. The van der Waals surface area contributed by atoms with Gasteiger partial charge in [0.25, 0.3) is 0 Å². The summed E-state index contributed by atoms with van der Waals surface area (Å²) >= 11 is 4.50. The Morgan fingerprint density at radius 3 is 2.70 bits per heavy atom. The maximum atomic E-state index is 5.24. The molecule has 0 aromatic carbocycles. The molecular weight excluding hydrogens is 154 g/mol. The van der Waals surface area contributed by atoms with Crippen LogP contribution < -0.4 is 16.8 Å². The van der Waals surface area contributed by atoms with Crippen LogP contribution in [0.4, 0.5) is 11.6 Å². The Kier molecular flexibility index (Phi) is 1.67. The van der Waals surface area contributed by atoms with Crippen LogP contribution in [0.3, 0.4) is 0 Å². The quantitative estimate of drug-likeness (QED) is 0.466. The van der Waals surface area contributed by atoms with Gasteiger partial charge in [0.15, 0.2) is 5.11 Å². The summed E-state index contributed by atoms with van der Waals surface area (Å²) in [7, 11) is 0. The minimum Gasteiger partial charge on any atom is -0.378 e. The molecule has 0 radical (unpaired) electrons. The van der Waals surface area contributed by atoms with Crippen LogP contribution in [0.2, 0.25) is 0 Å². The van der Waals surface area contributed by atoms with E-state index < -0.39 is 0 Å². The molecule has 1 aromatic rings. The van der Waals surface area contributed by atoms with Crippen LogP contribution in [0.25, 0.3) is 0 Å². The van der Waals surface area contributed by atoms with Gasteiger partial charge >= 0.3 is 0 Å². The fourth-order valence-electron chi connectivity index (χ4n) is 0.399. The topological polar surface area (TPSA) is 103 Å². The number of nitrogens with two attached hydrogens (primary N) is 2. The minimum absolute atomic E-state index is 0.0717. The lowest BCUT2D eigenvalue weighted by Gasteiger charge is -1.94. The normalized spacial score (nSPS) is 9.20. The Labute approximate surface area is 61.5 Å². The third-order valence-electron chi connectivity index (χ3n) is 0.756. The van der Waals surface area contributed by atoms with Crippen molar-refractivity contribution in [3.05, 3.63) is 0 Å². The standard InChI is InChI=1S/C3H5N5OS/c4-1-2(6-3(5)10)8-9-7-1/h(H2,4,7)(H3,5,6,8,10). The first-order valence-electron chi connectivity index (χ1n) is 2.34. The van der Waals surface area contributed by atoms with Crippen LogP contribution in [-0.4, -0.2) is 15.4 Å². The lowest BCUT2D eigenvalue weighted by molar-refractivity contribution is 0.311. The summed E-state index contributed by atoms with van der Waals surface area (Å²) in [4.78, 5) is 0. The molecule has 0 fully saturated rings. The predicted octanol–water partition coefficient (Wildman–Crippen LogP) is -0.693. The molecule has 0 bridgehead atoms. The molecule has 0 aliphatic heterocycles. The summed E-state index contributed by atoms with van der Waals surface area (Å²) in [6.07, 6.45) is 0. The molecule has 1 rings (SSSR count). The predicted molar refractivity (Wildman–Crippen MR) is 39.1 cm³/mol. The van der Waals surface area contributed by atoms with Gasteiger partial charge in [-0.1, -0.05) is 0 Å². The van der Waals surface area contributed by atoms with Gasteiger partial charge in [-0.15, -0.1) is 0 Å². The first-order chi connectivity index (χ1) is 4.70. The lowest BCUT2D eigenvalue weighted by atomic mass is 10.6. The van der Waals surface area contributed by atoms with E-state index in [2.05, 4.69) is 32.5 Å². The van der Waals surface area contributed by atoms with E-state index in [1.54, 1.807) is 0 Å². The van der Waals surface area contributed by atoms with Crippen LogP contribution in [0.15, 0.2) is 4.63 Å². The maximum Gasteiger partial charge on any atom is 0.221 e. The monoisotopic (exact) mass is 159 g/mol. The van der Waals surface area contributed by atoms with E-state index in [-0.39, 0.29) is 16.7 Å². The second-order valence-corrected chi connectivity index (χ2v) is 1.93. The summed E-state index contributed by atoms with van der Waals surface area (Å²) in [5.74, 6) is 0.375. The SMILES string of the molecule is NC(=S)Nc1nonc1N. The molecule has 6 nitrogen and oxygen atoms in total. The number of nitrogens with zero attached hydrogens (tertiary/aromatic N) is 2. The average molecular weight is 159 g/mol. The second kappa shape index (κ2) is 2.48. The van der Waals surface area contributed by atoms with Crippen molar-refractivity contribution in [2.75, 3.05) is 11.1 Å². The van der Waals surface area contributed by atoms with Crippen molar-refractivity contribution < 1.29 is 4.63 Å². The molecule has 0 unspecified atom stereocenters. The number of hydrogen-bond donors (Lipinski definition) is 3. The van der Waals surface area contributed by atoms with Gasteiger partial charge in [0.05, 0.1) is 0 Å². The van der Waals surface area contributed by atoms with Gasteiger partial charge in [-0.05, 0) is 22.5 Å². The Balaban J connectivity index is 2.74. The first-order valence-corrected chi connectivity index (χ1v) is 2.75. The fraction of sp³-hybridized carbons (Fsp3) is 0. The molecule has 54 valence electrons. The average Bonchev–Trinajstić information content (AvgIpc) is 2.15. The van der Waals surface area contributed by atoms with Crippen LogP contribution in [0.5, 0.6) is 0 Å². The summed E-state index contributed by atoms with van der Waals surface area (Å²) in [6, 6.07) is 0. The molecule has 0 saturated carbocycles. The summed E-state index contributed by atoms with van der Waals surface area (Å²) in [5, 5.41) is 9.19. The Bertz CT molecular complexity index is 245. The number of aromatic nitrogens is 2. The molecule has 0 saturated heterocycles. The van der Waals surface area contributed by atoms with Crippen molar-refractivity contribution in [3.8, 4) is 0 Å². The van der Waals surface area contributed by atoms with Crippen molar-refractivity contribution in [2.45, 2.75) is 0 Å². The molecular formula is C3H5N5OS. The number of thiocarbonyl (C=S) groups is 1. The zero-order chi connectivity index (χ0) is 7.56. The number of nitrogen functional groups attached to an aromatic ring is 1. The zero-order valence-corrected chi connectivity index (χ0v) is 5.68. The van der Waals surface area contributed by atoms with E-state index in [1.165, 1.54) is 0 Å². The Morgan fingerprint density at radius 2 is 2.30 bits per heavy atom. The third-order valence-corrected chi connectivity index (χ3v) is 0.858. The van der Waals surface area contributed by atoms with E-state index in [0.717, 1.165) is 0 Å². The third kappa shape index (κ3) is 1.32. The van der Waals surface area contributed by atoms with Gasteiger partial charge in [-0.25, -0.2) is 4.63 Å². The highest BCUT2D eigenvalue weighted by Gasteiger charge is 2.04. The number of nitrogens with one attached hydrogen (secondary N) is 1. The highest BCUT2D eigenvalue weighted by Crippen LogP contribution is 2.09. The molecule has 10 heavy (non-hydrogen) atoms.